The lowest BCUT2D eigenvalue weighted by Gasteiger charge is -2.37. The third-order valence-corrected chi connectivity index (χ3v) is 4.94. The average molecular weight is 341 g/mol. The third-order valence-electron chi connectivity index (χ3n) is 4.94. The smallest absolute Gasteiger partial charge is 0.131 e. The van der Waals surface area contributed by atoms with E-state index in [2.05, 4.69) is 47.7 Å². The average Bonchev–Trinajstić information content (AvgIpc) is 2.88. The predicted molar refractivity (Wildman–Crippen MR) is 106 cm³/mol. The number of hydrogen-bond acceptors (Lipinski definition) is 4. The Morgan fingerprint density at radius 1 is 1.16 bits per heavy atom. The Kier molecular flexibility index (Phi) is 7.86. The molecule has 0 radical (unpaired) electrons. The number of hydrogen-bond donors (Lipinski definition) is 1. The molecule has 2 aliphatic rings. The van der Waals surface area contributed by atoms with Gasteiger partial charge < -0.3 is 10.6 Å². The molecule has 0 aromatic carbocycles. The maximum atomic E-state index is 4.77. The van der Waals surface area contributed by atoms with Crippen molar-refractivity contribution >= 4 is 5.84 Å². The summed E-state index contributed by atoms with van der Waals surface area (Å²) in [5.41, 5.74) is 8.22. The van der Waals surface area contributed by atoms with Gasteiger partial charge in [-0.15, -0.1) is 0 Å². The molecule has 1 saturated carbocycles. The molecule has 0 bridgehead atoms. The number of nitrogens with two attached hydrogens (primary N) is 1. The Labute approximate surface area is 152 Å². The Balaban J connectivity index is 0.00000109. The molecule has 4 nitrogen and oxygen atoms in total. The second kappa shape index (κ2) is 10.1. The number of nitrogens with zero attached hydrogens (tertiary/aromatic N) is 3. The third kappa shape index (κ3) is 5.27. The molecule has 136 valence electrons. The van der Waals surface area contributed by atoms with Crippen LogP contribution in [-0.4, -0.2) is 28.8 Å². The van der Waals surface area contributed by atoms with E-state index in [4.69, 9.17) is 4.99 Å². The van der Waals surface area contributed by atoms with Crippen LogP contribution in [0.3, 0.4) is 0 Å². The fraction of sp³-hybridized carbons (Fsp3) is 0.524. The topological polar surface area (TPSA) is 54.5 Å². The maximum absolute atomic E-state index is 4.77. The summed E-state index contributed by atoms with van der Waals surface area (Å²) in [6.45, 7) is 5.20. The van der Waals surface area contributed by atoms with Crippen LogP contribution in [0, 0.1) is 6.92 Å². The van der Waals surface area contributed by atoms with Crippen molar-refractivity contribution in [2.75, 3.05) is 7.05 Å². The van der Waals surface area contributed by atoms with Gasteiger partial charge in [-0.3, -0.25) is 4.98 Å². The van der Waals surface area contributed by atoms with Crippen molar-refractivity contribution in [3.8, 4) is 0 Å². The van der Waals surface area contributed by atoms with Crippen molar-refractivity contribution in [3.63, 3.8) is 0 Å². The van der Waals surface area contributed by atoms with Crippen LogP contribution in [0.15, 0.2) is 47.2 Å². The molecule has 1 fully saturated rings. The van der Waals surface area contributed by atoms with Crippen LogP contribution in [0.1, 0.15) is 56.7 Å². The molecule has 1 aliphatic heterocycles. The second-order valence-electron chi connectivity index (χ2n) is 6.65. The molecule has 25 heavy (non-hydrogen) atoms. The second-order valence-corrected chi connectivity index (χ2v) is 6.65. The van der Waals surface area contributed by atoms with E-state index in [0.717, 1.165) is 18.8 Å². The first-order valence-electron chi connectivity index (χ1n) is 9.40. The lowest BCUT2D eigenvalue weighted by atomic mass is 9.93. The van der Waals surface area contributed by atoms with E-state index < -0.39 is 0 Å². The Morgan fingerprint density at radius 2 is 1.92 bits per heavy atom. The van der Waals surface area contributed by atoms with Gasteiger partial charge in [0.1, 0.15) is 5.84 Å². The van der Waals surface area contributed by atoms with E-state index in [-0.39, 0.29) is 0 Å². The van der Waals surface area contributed by atoms with Gasteiger partial charge >= 0.3 is 0 Å². The highest BCUT2D eigenvalue weighted by molar-refractivity contribution is 5.98. The Bertz CT molecular complexity index is 625. The molecule has 0 spiro atoms. The summed E-state index contributed by atoms with van der Waals surface area (Å²) >= 11 is 0. The van der Waals surface area contributed by atoms with Crippen LogP contribution in [0.25, 0.3) is 0 Å². The van der Waals surface area contributed by atoms with E-state index in [1.54, 1.807) is 0 Å². The zero-order valence-electron chi connectivity index (χ0n) is 15.9. The number of allylic oxidation sites excluding steroid dienone is 2. The van der Waals surface area contributed by atoms with E-state index in [9.17, 15) is 0 Å². The molecule has 0 unspecified atom stereocenters. The van der Waals surface area contributed by atoms with Gasteiger partial charge in [-0.2, -0.15) is 0 Å². The summed E-state index contributed by atoms with van der Waals surface area (Å²) in [4.78, 5) is 11.9. The largest absolute Gasteiger partial charge is 0.348 e. The van der Waals surface area contributed by atoms with Crippen LogP contribution in [-0.2, 0) is 6.54 Å². The summed E-state index contributed by atoms with van der Waals surface area (Å²) < 4.78 is 0. The molecule has 2 N–H and O–H groups in total. The molecule has 2 heterocycles. The summed E-state index contributed by atoms with van der Waals surface area (Å²) in [5.74, 6) is 1.13. The molecule has 1 aliphatic carbocycles. The SMILES string of the molecule is CC1=CCC=CN=C1N(Cc1ncccc1C)C1CCCCC1.CN. The fourth-order valence-electron chi connectivity index (χ4n) is 3.54. The highest BCUT2D eigenvalue weighted by atomic mass is 15.2. The van der Waals surface area contributed by atoms with E-state index in [1.165, 1.54) is 56.0 Å². The zero-order chi connectivity index (χ0) is 18.1. The van der Waals surface area contributed by atoms with Crippen molar-refractivity contribution in [1.29, 1.82) is 0 Å². The van der Waals surface area contributed by atoms with Gasteiger partial charge in [-0.25, -0.2) is 4.99 Å². The van der Waals surface area contributed by atoms with E-state index in [0.29, 0.717) is 6.04 Å². The molecular weight excluding hydrogens is 308 g/mol. The van der Waals surface area contributed by atoms with Gasteiger partial charge in [0.25, 0.3) is 0 Å². The van der Waals surface area contributed by atoms with Crippen LogP contribution < -0.4 is 5.73 Å². The molecular formula is C21H32N4. The van der Waals surface area contributed by atoms with Crippen molar-refractivity contribution < 1.29 is 0 Å². The number of rotatable bonds is 3. The standard InChI is InChI=1S/C20H27N3.CH5N/c1-16-10-8-14-21-19(16)15-23(18-11-4-3-5-12-18)20-17(2)9-6-7-13-22-20;1-2/h7-10,13-14,18H,3-6,11-12,15H2,1-2H3;2H2,1H3. The molecule has 0 atom stereocenters. The fourth-order valence-corrected chi connectivity index (χ4v) is 3.54. The van der Waals surface area contributed by atoms with Crippen LogP contribution in [0.4, 0.5) is 0 Å². The maximum Gasteiger partial charge on any atom is 0.131 e. The number of amidine groups is 1. The van der Waals surface area contributed by atoms with Gasteiger partial charge in [0.15, 0.2) is 0 Å². The van der Waals surface area contributed by atoms with Crippen LogP contribution in [0.2, 0.25) is 0 Å². The zero-order valence-corrected chi connectivity index (χ0v) is 15.9. The molecule has 4 heteroatoms. The Morgan fingerprint density at radius 3 is 2.64 bits per heavy atom. The highest BCUT2D eigenvalue weighted by Gasteiger charge is 2.25. The lowest BCUT2D eigenvalue weighted by molar-refractivity contribution is 0.235. The summed E-state index contributed by atoms with van der Waals surface area (Å²) in [7, 11) is 1.50. The minimum absolute atomic E-state index is 0.582. The number of aromatic nitrogens is 1. The predicted octanol–water partition coefficient (Wildman–Crippen LogP) is 4.36. The van der Waals surface area contributed by atoms with Crippen molar-refractivity contribution in [2.24, 2.45) is 10.7 Å². The summed E-state index contributed by atoms with van der Waals surface area (Å²) in [6.07, 6.45) is 15.8. The van der Waals surface area contributed by atoms with Crippen LogP contribution >= 0.6 is 0 Å². The van der Waals surface area contributed by atoms with Gasteiger partial charge in [0, 0.05) is 18.4 Å². The minimum Gasteiger partial charge on any atom is -0.348 e. The van der Waals surface area contributed by atoms with Gasteiger partial charge in [-0.1, -0.05) is 37.5 Å². The molecule has 0 amide bonds. The first-order valence-corrected chi connectivity index (χ1v) is 9.40. The van der Waals surface area contributed by atoms with Gasteiger partial charge in [0.2, 0.25) is 0 Å². The quantitative estimate of drug-likeness (QED) is 0.889. The number of aliphatic imine (C=N–C) groups is 1. The number of aryl methyl sites for hydroxylation is 1. The Hall–Kier alpha value is -1.94. The van der Waals surface area contributed by atoms with Gasteiger partial charge in [-0.05, 0) is 57.4 Å². The first kappa shape index (κ1) is 19.4. The summed E-state index contributed by atoms with van der Waals surface area (Å²) in [5, 5.41) is 0. The monoisotopic (exact) mass is 340 g/mol. The van der Waals surface area contributed by atoms with Crippen molar-refractivity contribution in [1.82, 2.24) is 9.88 Å². The molecule has 1 aromatic rings. The molecule has 0 saturated heterocycles. The van der Waals surface area contributed by atoms with Crippen molar-refractivity contribution in [3.05, 3.63) is 53.5 Å². The summed E-state index contributed by atoms with van der Waals surface area (Å²) in [6, 6.07) is 4.75. The minimum atomic E-state index is 0.582. The van der Waals surface area contributed by atoms with Crippen molar-refractivity contribution in [2.45, 2.75) is 65.0 Å². The normalized spacial score (nSPS) is 17.8. The van der Waals surface area contributed by atoms with E-state index in [1.807, 2.05) is 18.5 Å². The van der Waals surface area contributed by atoms with Crippen LogP contribution in [0.5, 0.6) is 0 Å². The molecule has 3 rings (SSSR count). The molecule has 1 aromatic heterocycles. The lowest BCUT2D eigenvalue weighted by Crippen LogP contribution is -2.41. The highest BCUT2D eigenvalue weighted by Crippen LogP contribution is 2.27. The number of pyridine rings is 1. The van der Waals surface area contributed by atoms with Gasteiger partial charge in [0.05, 0.1) is 12.2 Å². The first-order chi connectivity index (χ1) is 12.3. The van der Waals surface area contributed by atoms with E-state index >= 15 is 0 Å².